The van der Waals surface area contributed by atoms with Crippen molar-refractivity contribution in [3.63, 3.8) is 0 Å². The Labute approximate surface area is 154 Å². The van der Waals surface area contributed by atoms with Gasteiger partial charge in [-0.1, -0.05) is 29.3 Å². The highest BCUT2D eigenvalue weighted by atomic mass is 35.5. The van der Waals surface area contributed by atoms with Crippen LogP contribution in [0.5, 0.6) is 0 Å². The number of hydrogen-bond donors (Lipinski definition) is 1. The minimum atomic E-state index is -3.77. The highest BCUT2D eigenvalue weighted by Crippen LogP contribution is 2.42. The minimum Gasteiger partial charge on any atom is -0.456 e. The molecule has 1 unspecified atom stereocenters. The molecule has 1 aromatic rings. The average molecular weight is 408 g/mol. The van der Waals surface area contributed by atoms with Gasteiger partial charge in [0, 0.05) is 22.5 Å². The average Bonchev–Trinajstić information content (AvgIpc) is 2.71. The Hall–Kier alpha value is -1.77. The lowest BCUT2D eigenvalue weighted by Gasteiger charge is -2.24. The number of rotatable bonds is 5. The number of sulfonamides is 1. The molecule has 10 heteroatoms. The number of hydrogen-bond acceptors (Lipinski definition) is 6. The monoisotopic (exact) mass is 407 g/mol. The quantitative estimate of drug-likeness (QED) is 0.752. The number of ether oxygens (including phenoxy) is 2. The summed E-state index contributed by atoms with van der Waals surface area (Å²) in [4.78, 5) is 24.1. The van der Waals surface area contributed by atoms with Gasteiger partial charge in [-0.2, -0.15) is 0 Å². The largest absolute Gasteiger partial charge is 0.456 e. The van der Waals surface area contributed by atoms with Crippen LogP contribution in [-0.2, 0) is 34.7 Å². The van der Waals surface area contributed by atoms with Crippen molar-refractivity contribution >= 4 is 45.0 Å². The Balaban J connectivity index is 2.52. The zero-order valence-electron chi connectivity index (χ0n) is 13.6. The summed E-state index contributed by atoms with van der Waals surface area (Å²) in [6.07, 6.45) is 0. The molecule has 0 amide bonds. The van der Waals surface area contributed by atoms with Crippen LogP contribution in [0.3, 0.4) is 0 Å². The van der Waals surface area contributed by atoms with Crippen LogP contribution < -0.4 is 4.72 Å². The highest BCUT2D eigenvalue weighted by molar-refractivity contribution is 7.89. The molecular formula is C15H15Cl2NO6S. The van der Waals surface area contributed by atoms with Crippen LogP contribution in [0.1, 0.15) is 26.3 Å². The van der Waals surface area contributed by atoms with Crippen molar-refractivity contribution in [2.24, 2.45) is 0 Å². The molecule has 1 atom stereocenters. The molecule has 1 aliphatic heterocycles. The van der Waals surface area contributed by atoms with Crippen LogP contribution in [0.15, 0.2) is 29.8 Å². The van der Waals surface area contributed by atoms with Crippen LogP contribution in [0.4, 0.5) is 0 Å². The van der Waals surface area contributed by atoms with Gasteiger partial charge in [-0.3, -0.25) is 14.3 Å². The predicted octanol–water partition coefficient (Wildman–Crippen LogP) is 2.48. The number of nitrogens with one attached hydrogen (secondary N) is 1. The van der Waals surface area contributed by atoms with E-state index in [4.69, 9.17) is 32.7 Å². The second-order valence-electron chi connectivity index (χ2n) is 5.35. The van der Waals surface area contributed by atoms with E-state index in [-0.39, 0.29) is 16.3 Å². The Morgan fingerprint density at radius 1 is 1.36 bits per heavy atom. The summed E-state index contributed by atoms with van der Waals surface area (Å²) in [6.45, 7) is 3.87. The molecule has 0 aliphatic carbocycles. The summed E-state index contributed by atoms with van der Waals surface area (Å²) in [7, 11) is -3.77. The van der Waals surface area contributed by atoms with Gasteiger partial charge in [0.05, 0.1) is 5.75 Å². The first-order valence-corrected chi connectivity index (χ1v) is 9.53. The molecule has 1 aliphatic rings. The molecule has 1 heterocycles. The molecule has 0 radical (unpaired) electrons. The van der Waals surface area contributed by atoms with Crippen molar-refractivity contribution in [3.8, 4) is 0 Å². The molecule has 7 nitrogen and oxygen atoms in total. The van der Waals surface area contributed by atoms with Crippen molar-refractivity contribution in [2.45, 2.75) is 26.4 Å². The SMILES string of the molecule is CCS(=O)(=O)NC1=C(OC(C)=O)C(=O)C(C)(c2ccc(Cl)cc2Cl)O1. The van der Waals surface area contributed by atoms with Gasteiger partial charge < -0.3 is 9.47 Å². The summed E-state index contributed by atoms with van der Waals surface area (Å²) in [5.74, 6) is -2.80. The summed E-state index contributed by atoms with van der Waals surface area (Å²) >= 11 is 12.0. The molecular weight excluding hydrogens is 393 g/mol. The van der Waals surface area contributed by atoms with Crippen LogP contribution in [0.25, 0.3) is 0 Å². The van der Waals surface area contributed by atoms with Crippen molar-refractivity contribution in [2.75, 3.05) is 5.75 Å². The van der Waals surface area contributed by atoms with E-state index in [0.29, 0.717) is 5.02 Å². The van der Waals surface area contributed by atoms with Gasteiger partial charge in [-0.25, -0.2) is 8.42 Å². The van der Waals surface area contributed by atoms with Crippen molar-refractivity contribution in [1.82, 2.24) is 4.72 Å². The molecule has 2 rings (SSSR count). The fraction of sp³-hybridized carbons (Fsp3) is 0.333. The molecule has 0 aromatic heterocycles. The van der Waals surface area contributed by atoms with E-state index in [1.807, 2.05) is 0 Å². The van der Waals surface area contributed by atoms with E-state index in [1.54, 1.807) is 0 Å². The van der Waals surface area contributed by atoms with E-state index in [0.717, 1.165) is 6.92 Å². The van der Waals surface area contributed by atoms with Crippen molar-refractivity contribution in [3.05, 3.63) is 45.5 Å². The van der Waals surface area contributed by atoms with Crippen molar-refractivity contribution < 1.29 is 27.5 Å². The number of benzene rings is 1. The van der Waals surface area contributed by atoms with Crippen LogP contribution in [0, 0.1) is 0 Å². The minimum absolute atomic E-state index is 0.144. The number of carbonyl (C=O) groups is 2. The zero-order valence-corrected chi connectivity index (χ0v) is 15.9. The van der Waals surface area contributed by atoms with Gasteiger partial charge in [0.1, 0.15) is 0 Å². The Morgan fingerprint density at radius 3 is 2.52 bits per heavy atom. The van der Waals surface area contributed by atoms with Gasteiger partial charge in [0.15, 0.2) is 0 Å². The summed E-state index contributed by atoms with van der Waals surface area (Å²) < 4.78 is 36.2. The lowest BCUT2D eigenvalue weighted by Crippen LogP contribution is -2.33. The molecule has 0 saturated heterocycles. The summed E-state index contributed by atoms with van der Waals surface area (Å²) in [6, 6.07) is 4.40. The molecule has 0 fully saturated rings. The molecule has 25 heavy (non-hydrogen) atoms. The maximum atomic E-state index is 12.8. The first kappa shape index (κ1) is 19.6. The van der Waals surface area contributed by atoms with Gasteiger partial charge in [-0.05, 0) is 26.0 Å². The van der Waals surface area contributed by atoms with Gasteiger partial charge in [-0.15, -0.1) is 0 Å². The molecule has 0 spiro atoms. The summed E-state index contributed by atoms with van der Waals surface area (Å²) in [5.41, 5.74) is -1.43. The van der Waals surface area contributed by atoms with Crippen LogP contribution in [-0.4, -0.2) is 25.9 Å². The zero-order chi connectivity index (χ0) is 19.0. The third kappa shape index (κ3) is 3.91. The van der Waals surface area contributed by atoms with Gasteiger partial charge in [0.2, 0.25) is 27.3 Å². The Morgan fingerprint density at radius 2 is 2.00 bits per heavy atom. The smallest absolute Gasteiger partial charge is 0.308 e. The first-order chi connectivity index (χ1) is 11.5. The standard InChI is InChI=1S/C15H15Cl2NO6S/c1-4-25(21,22)18-14-12(23-8(2)19)13(20)15(3,24-14)10-6-5-9(16)7-11(10)17/h5-7,18H,4H2,1-3H3. The Kier molecular flexibility index (Phi) is 5.36. The molecule has 1 aromatic carbocycles. The fourth-order valence-corrected chi connectivity index (χ4v) is 3.34. The van der Waals surface area contributed by atoms with E-state index < -0.39 is 39.0 Å². The lowest BCUT2D eigenvalue weighted by molar-refractivity contribution is -0.142. The van der Waals surface area contributed by atoms with Gasteiger partial charge in [0.25, 0.3) is 5.78 Å². The van der Waals surface area contributed by atoms with Crippen molar-refractivity contribution in [1.29, 1.82) is 0 Å². The summed E-state index contributed by atoms with van der Waals surface area (Å²) in [5, 5.41) is 0.494. The van der Waals surface area contributed by atoms with Crippen LogP contribution >= 0.6 is 23.2 Å². The predicted molar refractivity (Wildman–Crippen MR) is 91.3 cm³/mol. The molecule has 0 bridgehead atoms. The number of carbonyl (C=O) groups excluding carboxylic acids is 2. The first-order valence-electron chi connectivity index (χ1n) is 7.12. The third-order valence-electron chi connectivity index (χ3n) is 3.47. The lowest BCUT2D eigenvalue weighted by atomic mass is 9.91. The van der Waals surface area contributed by atoms with E-state index in [9.17, 15) is 18.0 Å². The number of Topliss-reactive ketones (excluding diaryl/α,β-unsaturated/α-hetero) is 1. The van der Waals surface area contributed by atoms with Gasteiger partial charge >= 0.3 is 5.97 Å². The topological polar surface area (TPSA) is 98.8 Å². The second-order valence-corrected chi connectivity index (χ2v) is 8.20. The fourth-order valence-electron chi connectivity index (χ4n) is 2.19. The van der Waals surface area contributed by atoms with E-state index >= 15 is 0 Å². The van der Waals surface area contributed by atoms with E-state index in [1.165, 1.54) is 32.0 Å². The normalized spacial score (nSPS) is 20.4. The molecule has 1 N–H and O–H groups in total. The molecule has 0 saturated carbocycles. The maximum Gasteiger partial charge on any atom is 0.308 e. The molecule has 136 valence electrons. The maximum absolute atomic E-state index is 12.8. The number of ketones is 1. The van der Waals surface area contributed by atoms with E-state index in [2.05, 4.69) is 4.72 Å². The number of esters is 1. The number of halogens is 2. The van der Waals surface area contributed by atoms with Crippen LogP contribution in [0.2, 0.25) is 10.0 Å². The highest BCUT2D eigenvalue weighted by Gasteiger charge is 2.51. The Bertz CT molecular complexity index is 880. The second kappa shape index (κ2) is 6.86. The third-order valence-corrected chi connectivity index (χ3v) is 5.28.